The van der Waals surface area contributed by atoms with Gasteiger partial charge in [0.2, 0.25) is 0 Å². The van der Waals surface area contributed by atoms with Crippen molar-refractivity contribution < 1.29 is 19.1 Å². The number of esters is 1. The third kappa shape index (κ3) is 5.28. The Bertz CT molecular complexity index is 190. The molecule has 0 aliphatic rings. The van der Waals surface area contributed by atoms with Gasteiger partial charge in [0.05, 0.1) is 0 Å². The monoisotopic (exact) mass is 173 g/mol. The molecule has 0 unspecified atom stereocenters. The first-order chi connectivity index (χ1) is 5.56. The molecule has 0 aliphatic carbocycles. The maximum atomic E-state index is 10.5. The molecule has 5 heteroatoms. The molecule has 1 amide bonds. The molecule has 0 aromatic heterocycles. The topological polar surface area (TPSA) is 78.6 Å². The molecule has 0 aliphatic heterocycles. The summed E-state index contributed by atoms with van der Waals surface area (Å²) in [5.74, 6) is -0.560. The molecule has 0 fully saturated rings. The van der Waals surface area contributed by atoms with E-state index in [1.165, 1.54) is 0 Å². The zero-order valence-corrected chi connectivity index (χ0v) is 6.78. The van der Waals surface area contributed by atoms with Crippen LogP contribution in [0.3, 0.4) is 0 Å². The number of rotatable bonds is 4. The van der Waals surface area contributed by atoms with E-state index in [0.717, 1.165) is 6.08 Å². The fourth-order valence-electron chi connectivity index (χ4n) is 0.491. The lowest BCUT2D eigenvalue weighted by molar-refractivity contribution is -0.140. The van der Waals surface area contributed by atoms with Gasteiger partial charge in [-0.25, -0.2) is 9.59 Å². The van der Waals surface area contributed by atoms with Crippen LogP contribution in [0.25, 0.3) is 0 Å². The second-order valence-electron chi connectivity index (χ2n) is 2.08. The number of ether oxygens (including phenoxy) is 2. The summed E-state index contributed by atoms with van der Waals surface area (Å²) in [4.78, 5) is 20.7. The fraction of sp³-hybridized carbons (Fsp3) is 0.429. The molecule has 68 valence electrons. The van der Waals surface area contributed by atoms with Crippen molar-refractivity contribution in [2.75, 3.05) is 6.61 Å². The van der Waals surface area contributed by atoms with Crippen LogP contribution in [0.2, 0.25) is 0 Å². The molecule has 2 N–H and O–H groups in total. The van der Waals surface area contributed by atoms with E-state index >= 15 is 0 Å². The zero-order chi connectivity index (χ0) is 9.56. The molecule has 0 bridgehead atoms. The highest BCUT2D eigenvalue weighted by atomic mass is 16.6. The first-order valence-electron chi connectivity index (χ1n) is 3.31. The lowest BCUT2D eigenvalue weighted by Crippen LogP contribution is -2.25. The molecular formula is C7H11NO4. The van der Waals surface area contributed by atoms with Gasteiger partial charge in [0.25, 0.3) is 0 Å². The lowest BCUT2D eigenvalue weighted by Gasteiger charge is -2.10. The number of amides is 1. The third-order valence-electron chi connectivity index (χ3n) is 0.944. The molecule has 12 heavy (non-hydrogen) atoms. The highest BCUT2D eigenvalue weighted by molar-refractivity contribution is 5.81. The third-order valence-corrected chi connectivity index (χ3v) is 0.944. The predicted molar refractivity (Wildman–Crippen MR) is 41.3 cm³/mol. The van der Waals surface area contributed by atoms with Gasteiger partial charge in [-0.2, -0.15) is 0 Å². The number of hydrogen-bond donors (Lipinski definition) is 1. The average Bonchev–Trinajstić information content (AvgIpc) is 1.99. The summed E-state index contributed by atoms with van der Waals surface area (Å²) in [6, 6.07) is 0. The molecule has 0 spiro atoms. The van der Waals surface area contributed by atoms with Crippen LogP contribution in [0.5, 0.6) is 0 Å². The number of carbonyl (C=O) groups excluding carboxylic acids is 2. The standard InChI is InChI=1S/C7H11NO4/c1-3-6(9)11-4-5(2)12-7(8)10/h3,5H,1,4H2,2H3,(H2,8,10)/t5-/m0/s1. The van der Waals surface area contributed by atoms with Gasteiger partial charge in [-0.3, -0.25) is 0 Å². The van der Waals surface area contributed by atoms with Crippen LogP contribution in [0.15, 0.2) is 12.7 Å². The van der Waals surface area contributed by atoms with Gasteiger partial charge in [-0.15, -0.1) is 0 Å². The van der Waals surface area contributed by atoms with E-state index in [4.69, 9.17) is 5.73 Å². The summed E-state index contributed by atoms with van der Waals surface area (Å²) >= 11 is 0. The number of nitrogens with two attached hydrogens (primary N) is 1. The number of primary amides is 1. The van der Waals surface area contributed by atoms with E-state index in [0.29, 0.717) is 0 Å². The van der Waals surface area contributed by atoms with E-state index < -0.39 is 18.2 Å². The number of carbonyl (C=O) groups is 2. The summed E-state index contributed by atoms with van der Waals surface area (Å²) in [6.07, 6.45) is -0.402. The maximum absolute atomic E-state index is 10.5. The lowest BCUT2D eigenvalue weighted by atomic mass is 10.4. The Hall–Kier alpha value is -1.52. The van der Waals surface area contributed by atoms with Crippen molar-refractivity contribution in [2.24, 2.45) is 5.73 Å². The van der Waals surface area contributed by atoms with Crippen LogP contribution in [0, 0.1) is 0 Å². The van der Waals surface area contributed by atoms with Crippen LogP contribution in [0.4, 0.5) is 4.79 Å². The summed E-state index contributed by atoms with van der Waals surface area (Å²) in [5, 5.41) is 0. The Morgan fingerprint density at radius 2 is 2.25 bits per heavy atom. The largest absolute Gasteiger partial charge is 0.459 e. The Kier molecular flexibility index (Phi) is 4.52. The van der Waals surface area contributed by atoms with Crippen molar-refractivity contribution >= 4 is 12.1 Å². The van der Waals surface area contributed by atoms with Gasteiger partial charge in [0.1, 0.15) is 12.7 Å². The minimum Gasteiger partial charge on any atom is -0.459 e. The van der Waals surface area contributed by atoms with Crippen LogP contribution in [-0.2, 0) is 14.3 Å². The van der Waals surface area contributed by atoms with Gasteiger partial charge in [-0.05, 0) is 6.92 Å². The maximum Gasteiger partial charge on any atom is 0.404 e. The van der Waals surface area contributed by atoms with Crippen LogP contribution in [0.1, 0.15) is 6.92 Å². The predicted octanol–water partition coefficient (Wildman–Crippen LogP) is 0.199. The fourth-order valence-corrected chi connectivity index (χ4v) is 0.491. The van der Waals surface area contributed by atoms with Gasteiger partial charge in [0.15, 0.2) is 0 Å². The molecule has 0 radical (unpaired) electrons. The van der Waals surface area contributed by atoms with Crippen LogP contribution in [-0.4, -0.2) is 24.8 Å². The quantitative estimate of drug-likeness (QED) is 0.486. The second-order valence-corrected chi connectivity index (χ2v) is 2.08. The normalized spacial score (nSPS) is 11.4. The van der Waals surface area contributed by atoms with Gasteiger partial charge in [0, 0.05) is 6.08 Å². The minimum absolute atomic E-state index is 0.0200. The Labute approximate surface area is 70.1 Å². The van der Waals surface area contributed by atoms with E-state index in [1.54, 1.807) is 6.92 Å². The zero-order valence-electron chi connectivity index (χ0n) is 6.78. The van der Waals surface area contributed by atoms with Crippen molar-refractivity contribution in [2.45, 2.75) is 13.0 Å². The molecule has 0 heterocycles. The highest BCUT2D eigenvalue weighted by Gasteiger charge is 2.07. The van der Waals surface area contributed by atoms with Crippen LogP contribution < -0.4 is 5.73 Å². The molecular weight excluding hydrogens is 162 g/mol. The summed E-state index contributed by atoms with van der Waals surface area (Å²) < 4.78 is 9.04. The van der Waals surface area contributed by atoms with Crippen molar-refractivity contribution in [1.29, 1.82) is 0 Å². The van der Waals surface area contributed by atoms with Gasteiger partial charge in [-0.1, -0.05) is 6.58 Å². The van der Waals surface area contributed by atoms with E-state index in [-0.39, 0.29) is 6.61 Å². The van der Waals surface area contributed by atoms with Crippen molar-refractivity contribution in [1.82, 2.24) is 0 Å². The summed E-state index contributed by atoms with van der Waals surface area (Å²) in [5.41, 5.74) is 4.71. The molecule has 0 saturated carbocycles. The van der Waals surface area contributed by atoms with Crippen molar-refractivity contribution in [3.05, 3.63) is 12.7 Å². The Balaban J connectivity index is 3.56. The van der Waals surface area contributed by atoms with Crippen molar-refractivity contribution in [3.63, 3.8) is 0 Å². The molecule has 0 saturated heterocycles. The van der Waals surface area contributed by atoms with Gasteiger partial charge >= 0.3 is 12.1 Å². The number of hydrogen-bond acceptors (Lipinski definition) is 4. The smallest absolute Gasteiger partial charge is 0.404 e. The van der Waals surface area contributed by atoms with Gasteiger partial charge < -0.3 is 15.2 Å². The first kappa shape index (κ1) is 10.5. The van der Waals surface area contributed by atoms with E-state index in [1.807, 2.05) is 0 Å². The molecule has 1 atom stereocenters. The minimum atomic E-state index is -0.892. The van der Waals surface area contributed by atoms with E-state index in [9.17, 15) is 9.59 Å². The Morgan fingerprint density at radius 3 is 2.67 bits per heavy atom. The Morgan fingerprint density at radius 1 is 1.67 bits per heavy atom. The van der Waals surface area contributed by atoms with E-state index in [2.05, 4.69) is 16.1 Å². The molecule has 5 nitrogen and oxygen atoms in total. The first-order valence-corrected chi connectivity index (χ1v) is 3.31. The SMILES string of the molecule is C=CC(=O)OC[C@H](C)OC(N)=O. The average molecular weight is 173 g/mol. The molecule has 0 aromatic rings. The highest BCUT2D eigenvalue weighted by Crippen LogP contribution is 1.92. The summed E-state index contributed by atoms with van der Waals surface area (Å²) in [6.45, 7) is 4.73. The summed E-state index contributed by atoms with van der Waals surface area (Å²) in [7, 11) is 0. The molecule has 0 rings (SSSR count). The van der Waals surface area contributed by atoms with Crippen LogP contribution >= 0.6 is 0 Å². The second kappa shape index (κ2) is 5.17. The van der Waals surface area contributed by atoms with Crippen molar-refractivity contribution in [3.8, 4) is 0 Å². The molecule has 0 aromatic carbocycles.